The van der Waals surface area contributed by atoms with Gasteiger partial charge in [0.15, 0.2) is 5.78 Å². The lowest BCUT2D eigenvalue weighted by Gasteiger charge is -2.13. The molecule has 0 radical (unpaired) electrons. The fraction of sp³-hybridized carbons (Fsp3) is 0.238. The van der Waals surface area contributed by atoms with Gasteiger partial charge in [-0.2, -0.15) is 0 Å². The number of likely N-dealkylation sites (tertiary alicyclic amines) is 1. The standard InChI is InChI=1S/C21H19N5O3S/c27-18(13-9-17(22-10-13)20(28)26-7-3-4-8-26)12-30-21-25-24-19(29-21)15-11-23-16-6-2-1-5-14(15)16/h1-2,5-6,9-11,22-23H,3-4,7-8,12H2. The molecule has 5 rings (SSSR count). The van der Waals surface area contributed by atoms with Gasteiger partial charge in [-0.1, -0.05) is 30.0 Å². The summed E-state index contributed by atoms with van der Waals surface area (Å²) in [5.74, 6) is 0.385. The number of aromatic amines is 2. The van der Waals surface area contributed by atoms with Gasteiger partial charge in [-0.05, 0) is 25.0 Å². The number of benzene rings is 1. The Morgan fingerprint density at radius 2 is 1.93 bits per heavy atom. The highest BCUT2D eigenvalue weighted by Gasteiger charge is 2.22. The number of rotatable bonds is 6. The highest BCUT2D eigenvalue weighted by molar-refractivity contribution is 7.99. The molecule has 0 spiro atoms. The van der Waals surface area contributed by atoms with Crippen molar-refractivity contribution in [3.05, 3.63) is 54.0 Å². The van der Waals surface area contributed by atoms with Crippen molar-refractivity contribution in [2.45, 2.75) is 18.1 Å². The Kier molecular flexibility index (Phi) is 4.88. The Labute approximate surface area is 176 Å². The number of Topliss-reactive ketones (excluding diaryl/α,β-unsaturated/α-hetero) is 1. The predicted molar refractivity (Wildman–Crippen MR) is 113 cm³/mol. The summed E-state index contributed by atoms with van der Waals surface area (Å²) >= 11 is 1.18. The predicted octanol–water partition coefficient (Wildman–Crippen LogP) is 3.76. The van der Waals surface area contributed by atoms with Crippen LogP contribution in [-0.4, -0.2) is 55.6 Å². The van der Waals surface area contributed by atoms with Crippen LogP contribution in [0.15, 0.2) is 52.4 Å². The van der Waals surface area contributed by atoms with E-state index in [0.717, 1.165) is 42.4 Å². The Morgan fingerprint density at radius 1 is 1.10 bits per heavy atom. The Morgan fingerprint density at radius 3 is 2.80 bits per heavy atom. The second-order valence-corrected chi connectivity index (χ2v) is 8.06. The van der Waals surface area contributed by atoms with Gasteiger partial charge in [-0.3, -0.25) is 9.59 Å². The molecule has 4 heterocycles. The average molecular weight is 421 g/mol. The fourth-order valence-electron chi connectivity index (χ4n) is 3.61. The van der Waals surface area contributed by atoms with Gasteiger partial charge in [0.25, 0.3) is 17.0 Å². The molecule has 0 atom stereocenters. The minimum Gasteiger partial charge on any atom is -0.411 e. The van der Waals surface area contributed by atoms with Crippen LogP contribution in [0.4, 0.5) is 0 Å². The van der Waals surface area contributed by atoms with E-state index in [2.05, 4.69) is 20.2 Å². The molecule has 4 aromatic rings. The highest BCUT2D eigenvalue weighted by atomic mass is 32.2. The summed E-state index contributed by atoms with van der Waals surface area (Å²) in [6, 6.07) is 9.48. The lowest BCUT2D eigenvalue weighted by Crippen LogP contribution is -2.27. The molecule has 0 saturated carbocycles. The zero-order valence-corrected chi connectivity index (χ0v) is 16.9. The third-order valence-corrected chi connectivity index (χ3v) is 6.00. The first-order chi connectivity index (χ1) is 14.7. The van der Waals surface area contributed by atoms with E-state index >= 15 is 0 Å². The number of nitrogens with zero attached hydrogens (tertiary/aromatic N) is 3. The van der Waals surface area contributed by atoms with E-state index in [9.17, 15) is 9.59 Å². The Balaban J connectivity index is 1.24. The molecule has 1 amide bonds. The number of nitrogens with one attached hydrogen (secondary N) is 2. The smallest absolute Gasteiger partial charge is 0.277 e. The van der Waals surface area contributed by atoms with E-state index in [-0.39, 0.29) is 17.4 Å². The number of hydrogen-bond acceptors (Lipinski definition) is 6. The third-order valence-electron chi connectivity index (χ3n) is 5.18. The molecule has 1 fully saturated rings. The molecule has 1 aliphatic heterocycles. The first kappa shape index (κ1) is 18.7. The number of aromatic nitrogens is 4. The monoisotopic (exact) mass is 421 g/mol. The topological polar surface area (TPSA) is 108 Å². The van der Waals surface area contributed by atoms with Crippen molar-refractivity contribution in [3.8, 4) is 11.5 Å². The average Bonchev–Trinajstić information content (AvgIpc) is 3.56. The van der Waals surface area contributed by atoms with Crippen LogP contribution in [0.25, 0.3) is 22.4 Å². The molecule has 2 N–H and O–H groups in total. The van der Waals surface area contributed by atoms with Crippen molar-refractivity contribution < 1.29 is 14.0 Å². The van der Waals surface area contributed by atoms with E-state index in [1.54, 1.807) is 17.2 Å². The van der Waals surface area contributed by atoms with Gasteiger partial charge in [-0.15, -0.1) is 10.2 Å². The molecular formula is C21H19N5O3S. The lowest BCUT2D eigenvalue weighted by atomic mass is 10.2. The number of carbonyl (C=O) groups excluding carboxylic acids is 2. The maximum absolute atomic E-state index is 12.5. The van der Waals surface area contributed by atoms with Crippen molar-refractivity contribution in [1.82, 2.24) is 25.1 Å². The molecule has 9 heteroatoms. The first-order valence-electron chi connectivity index (χ1n) is 9.73. The molecular weight excluding hydrogens is 402 g/mol. The number of amides is 1. The van der Waals surface area contributed by atoms with Crippen molar-refractivity contribution in [3.63, 3.8) is 0 Å². The highest BCUT2D eigenvalue weighted by Crippen LogP contribution is 2.29. The molecule has 1 aromatic carbocycles. The van der Waals surface area contributed by atoms with Gasteiger partial charge < -0.3 is 19.3 Å². The van der Waals surface area contributed by atoms with Gasteiger partial charge in [0.2, 0.25) is 0 Å². The number of H-pyrrole nitrogens is 2. The van der Waals surface area contributed by atoms with Gasteiger partial charge >= 0.3 is 0 Å². The van der Waals surface area contributed by atoms with Crippen molar-refractivity contribution in [1.29, 1.82) is 0 Å². The number of para-hydroxylation sites is 1. The fourth-order valence-corrected chi connectivity index (χ4v) is 4.26. The van der Waals surface area contributed by atoms with Crippen LogP contribution in [0.2, 0.25) is 0 Å². The third kappa shape index (κ3) is 3.52. The second kappa shape index (κ2) is 7.83. The largest absolute Gasteiger partial charge is 0.411 e. The molecule has 0 aliphatic carbocycles. The van der Waals surface area contributed by atoms with Crippen LogP contribution in [0.5, 0.6) is 0 Å². The van der Waals surface area contributed by atoms with Crippen LogP contribution in [0, 0.1) is 0 Å². The summed E-state index contributed by atoms with van der Waals surface area (Å²) in [4.78, 5) is 32.8. The quantitative estimate of drug-likeness (QED) is 0.363. The number of carbonyl (C=O) groups is 2. The maximum atomic E-state index is 12.5. The minimum absolute atomic E-state index is 0.0560. The molecule has 1 aliphatic rings. The summed E-state index contributed by atoms with van der Waals surface area (Å²) in [5.41, 5.74) is 2.74. The summed E-state index contributed by atoms with van der Waals surface area (Å²) in [6.07, 6.45) is 5.47. The zero-order valence-electron chi connectivity index (χ0n) is 16.1. The van der Waals surface area contributed by atoms with Crippen molar-refractivity contribution in [2.24, 2.45) is 0 Å². The molecule has 8 nitrogen and oxygen atoms in total. The van der Waals surface area contributed by atoms with E-state index in [1.807, 2.05) is 30.5 Å². The van der Waals surface area contributed by atoms with Crippen LogP contribution in [-0.2, 0) is 0 Å². The van der Waals surface area contributed by atoms with Crippen LogP contribution in [0.1, 0.15) is 33.7 Å². The van der Waals surface area contributed by atoms with Gasteiger partial charge in [-0.25, -0.2) is 0 Å². The summed E-state index contributed by atoms with van der Waals surface area (Å²) < 4.78 is 5.73. The van der Waals surface area contributed by atoms with Gasteiger partial charge in [0.1, 0.15) is 5.69 Å². The van der Waals surface area contributed by atoms with E-state index in [1.165, 1.54) is 11.8 Å². The normalized spacial score (nSPS) is 13.9. The van der Waals surface area contributed by atoms with E-state index in [4.69, 9.17) is 4.42 Å². The molecule has 30 heavy (non-hydrogen) atoms. The van der Waals surface area contributed by atoms with Crippen molar-refractivity contribution in [2.75, 3.05) is 18.8 Å². The van der Waals surface area contributed by atoms with Gasteiger partial charge in [0.05, 0.1) is 11.3 Å². The molecule has 0 unspecified atom stereocenters. The molecule has 3 aromatic heterocycles. The Bertz CT molecular complexity index is 1220. The van der Waals surface area contributed by atoms with Crippen LogP contribution in [0.3, 0.4) is 0 Å². The zero-order chi connectivity index (χ0) is 20.5. The number of hydrogen-bond donors (Lipinski definition) is 2. The molecule has 0 bridgehead atoms. The van der Waals surface area contributed by atoms with Gasteiger partial charge in [0, 0.05) is 41.9 Å². The van der Waals surface area contributed by atoms with Crippen molar-refractivity contribution >= 4 is 34.4 Å². The first-order valence-corrected chi connectivity index (χ1v) is 10.7. The maximum Gasteiger partial charge on any atom is 0.277 e. The minimum atomic E-state index is -0.108. The lowest BCUT2D eigenvalue weighted by molar-refractivity contribution is 0.0787. The number of ketones is 1. The van der Waals surface area contributed by atoms with Crippen LogP contribution < -0.4 is 0 Å². The second-order valence-electron chi connectivity index (χ2n) is 7.13. The summed E-state index contributed by atoms with van der Waals surface area (Å²) in [5, 5.41) is 9.47. The summed E-state index contributed by atoms with van der Waals surface area (Å²) in [7, 11) is 0. The van der Waals surface area contributed by atoms with Crippen LogP contribution >= 0.6 is 11.8 Å². The number of thioether (sulfide) groups is 1. The summed E-state index contributed by atoms with van der Waals surface area (Å²) in [6.45, 7) is 1.54. The molecule has 1 saturated heterocycles. The molecule has 152 valence electrons. The van der Waals surface area contributed by atoms with E-state index in [0.29, 0.717) is 22.4 Å². The number of fused-ring (bicyclic) bond motifs is 1. The Hall–Kier alpha value is -3.33. The van der Waals surface area contributed by atoms with E-state index < -0.39 is 0 Å². The SMILES string of the molecule is O=C(CSc1nnc(-c2c[nH]c3ccccc23)o1)c1c[nH]c(C(=O)N2CCCC2)c1.